The monoisotopic (exact) mass is 285 g/mol. The summed E-state index contributed by atoms with van der Waals surface area (Å²) < 4.78 is 9.76. The summed E-state index contributed by atoms with van der Waals surface area (Å²) in [5, 5.41) is 2.77. The molecule has 0 aromatic carbocycles. The molecule has 2 atom stereocenters. The highest BCUT2D eigenvalue weighted by Crippen LogP contribution is 2.35. The zero-order valence-corrected chi connectivity index (χ0v) is 11.1. The molecular weight excluding hydrogens is 274 g/mol. The third kappa shape index (κ3) is 2.23. The van der Waals surface area contributed by atoms with Crippen LogP contribution < -0.4 is 0 Å². The number of esters is 1. The van der Waals surface area contributed by atoms with Crippen molar-refractivity contribution in [1.29, 1.82) is 0 Å². The summed E-state index contributed by atoms with van der Waals surface area (Å²) in [4.78, 5) is 28.3. The molecule has 2 aliphatic rings. The Kier molecular flexibility index (Phi) is 3.61. The molecule has 0 fully saturated rings. The number of carbonyl (C=O) groups excluding carboxylic acids is 2. The Labute approximate surface area is 114 Å². The average molecular weight is 286 g/mol. The summed E-state index contributed by atoms with van der Waals surface area (Å²) in [5.41, 5.74) is -1.22. The van der Waals surface area contributed by atoms with Gasteiger partial charge in [-0.2, -0.15) is 0 Å². The quantitative estimate of drug-likeness (QED) is 0.570. The van der Waals surface area contributed by atoms with Crippen molar-refractivity contribution in [2.45, 2.75) is 17.9 Å². The number of ketones is 1. The van der Waals surface area contributed by atoms with Crippen LogP contribution in [0.1, 0.15) is 6.92 Å². The molecule has 0 saturated heterocycles. The predicted octanol–water partition coefficient (Wildman–Crippen LogP) is 0.951. The van der Waals surface area contributed by atoms with Gasteiger partial charge >= 0.3 is 5.97 Å². The molecular formula is C12H12ClNO5. The van der Waals surface area contributed by atoms with E-state index < -0.39 is 16.9 Å². The van der Waals surface area contributed by atoms with Crippen LogP contribution in [0.4, 0.5) is 0 Å². The molecule has 1 aliphatic heterocycles. The number of ether oxygens (including phenoxy) is 2. The van der Waals surface area contributed by atoms with E-state index in [0.29, 0.717) is 0 Å². The second kappa shape index (κ2) is 5.05. The van der Waals surface area contributed by atoms with Crippen LogP contribution in [0.3, 0.4) is 0 Å². The van der Waals surface area contributed by atoms with Crippen molar-refractivity contribution >= 4 is 29.1 Å². The van der Waals surface area contributed by atoms with Crippen LogP contribution >= 0.6 is 11.6 Å². The number of allylic oxidation sites excluding steroid dienone is 1. The summed E-state index contributed by atoms with van der Waals surface area (Å²) in [6, 6.07) is 0. The minimum Gasteiger partial charge on any atom is -0.493 e. The SMILES string of the molecule is CCOC(=O)C1=NO[C@]2(C=CC(=O)C(OC)=C2)[C@@H]1Cl. The minimum atomic E-state index is -1.19. The second-order valence-electron chi connectivity index (χ2n) is 3.91. The minimum absolute atomic E-state index is 0.0331. The van der Waals surface area contributed by atoms with Crippen molar-refractivity contribution in [2.75, 3.05) is 13.7 Å². The number of rotatable bonds is 3. The van der Waals surface area contributed by atoms with E-state index in [2.05, 4.69) is 5.16 Å². The van der Waals surface area contributed by atoms with E-state index in [4.69, 9.17) is 25.9 Å². The van der Waals surface area contributed by atoms with Crippen LogP contribution in [-0.4, -0.2) is 42.2 Å². The highest BCUT2D eigenvalue weighted by atomic mass is 35.5. The lowest BCUT2D eigenvalue weighted by Gasteiger charge is -2.25. The number of oxime groups is 1. The lowest BCUT2D eigenvalue weighted by atomic mass is 9.91. The molecule has 0 amide bonds. The Morgan fingerprint density at radius 1 is 1.63 bits per heavy atom. The fourth-order valence-electron chi connectivity index (χ4n) is 1.77. The highest BCUT2D eigenvalue weighted by Gasteiger charge is 2.50. The Balaban J connectivity index is 2.26. The van der Waals surface area contributed by atoms with Crippen LogP contribution in [0.25, 0.3) is 0 Å². The fraction of sp³-hybridized carbons (Fsp3) is 0.417. The van der Waals surface area contributed by atoms with Gasteiger partial charge in [0.05, 0.1) is 13.7 Å². The summed E-state index contributed by atoms with van der Waals surface area (Å²) in [6.45, 7) is 1.89. The van der Waals surface area contributed by atoms with E-state index in [0.717, 1.165) is 0 Å². The molecule has 0 unspecified atom stereocenters. The predicted molar refractivity (Wildman–Crippen MR) is 66.8 cm³/mol. The van der Waals surface area contributed by atoms with Crippen molar-refractivity contribution in [2.24, 2.45) is 5.16 Å². The van der Waals surface area contributed by atoms with Crippen molar-refractivity contribution in [3.63, 3.8) is 0 Å². The molecule has 0 N–H and O–H groups in total. The number of hydrogen-bond acceptors (Lipinski definition) is 6. The molecule has 0 radical (unpaired) electrons. The molecule has 1 aliphatic carbocycles. The number of hydrogen-bond donors (Lipinski definition) is 0. The number of nitrogens with zero attached hydrogens (tertiary/aromatic N) is 1. The molecule has 0 bridgehead atoms. The Morgan fingerprint density at radius 3 is 3.00 bits per heavy atom. The molecule has 0 aromatic rings. The van der Waals surface area contributed by atoms with E-state index >= 15 is 0 Å². The van der Waals surface area contributed by atoms with E-state index in [9.17, 15) is 9.59 Å². The normalized spacial score (nSPS) is 28.8. The zero-order valence-electron chi connectivity index (χ0n) is 10.4. The van der Waals surface area contributed by atoms with Crippen molar-refractivity contribution in [3.05, 3.63) is 24.0 Å². The van der Waals surface area contributed by atoms with Gasteiger partial charge in [-0.3, -0.25) is 4.79 Å². The largest absolute Gasteiger partial charge is 0.493 e. The van der Waals surface area contributed by atoms with Gasteiger partial charge in [0.1, 0.15) is 5.38 Å². The Bertz CT molecular complexity index is 510. The fourth-order valence-corrected chi connectivity index (χ4v) is 2.07. The molecule has 0 saturated carbocycles. The van der Waals surface area contributed by atoms with Gasteiger partial charge in [0.25, 0.3) is 0 Å². The summed E-state index contributed by atoms with van der Waals surface area (Å²) in [5.74, 6) is -0.851. The third-order valence-electron chi connectivity index (χ3n) is 2.74. The third-order valence-corrected chi connectivity index (χ3v) is 3.29. The maximum absolute atomic E-state index is 11.6. The van der Waals surface area contributed by atoms with Crippen molar-refractivity contribution in [3.8, 4) is 0 Å². The topological polar surface area (TPSA) is 74.2 Å². The summed E-state index contributed by atoms with van der Waals surface area (Å²) in [7, 11) is 1.36. The van der Waals surface area contributed by atoms with E-state index in [1.54, 1.807) is 6.92 Å². The lowest BCUT2D eigenvalue weighted by molar-refractivity contribution is -0.135. The van der Waals surface area contributed by atoms with Gasteiger partial charge < -0.3 is 14.3 Å². The van der Waals surface area contributed by atoms with Crippen LogP contribution in [-0.2, 0) is 23.9 Å². The molecule has 0 aromatic heterocycles. The van der Waals surface area contributed by atoms with Crippen molar-refractivity contribution < 1.29 is 23.9 Å². The highest BCUT2D eigenvalue weighted by molar-refractivity contribution is 6.50. The van der Waals surface area contributed by atoms with Crippen LogP contribution in [0.2, 0.25) is 0 Å². The Hall–Kier alpha value is -1.82. The molecule has 7 heteroatoms. The van der Waals surface area contributed by atoms with Gasteiger partial charge in [0.2, 0.25) is 11.4 Å². The standard InChI is InChI=1S/C12H12ClNO5/c1-3-18-11(16)9-10(13)12(19-14-9)5-4-7(15)8(6-12)17-2/h4-6,10H,3H2,1-2H3/t10-,12+/m1/s1. The van der Waals surface area contributed by atoms with Gasteiger partial charge in [-0.1, -0.05) is 5.16 Å². The number of alkyl halides is 1. The first-order chi connectivity index (χ1) is 9.04. The lowest BCUT2D eigenvalue weighted by Crippen LogP contribution is -2.41. The van der Waals surface area contributed by atoms with E-state index in [1.165, 1.54) is 25.3 Å². The van der Waals surface area contributed by atoms with Crippen LogP contribution in [0, 0.1) is 0 Å². The molecule has 1 heterocycles. The maximum Gasteiger partial charge on any atom is 0.357 e. The van der Waals surface area contributed by atoms with Gasteiger partial charge in [0.15, 0.2) is 11.5 Å². The zero-order chi connectivity index (χ0) is 14.0. The molecule has 1 spiro atoms. The first kappa shape index (κ1) is 13.6. The second-order valence-corrected chi connectivity index (χ2v) is 4.35. The molecule has 2 rings (SSSR count). The first-order valence-corrected chi connectivity index (χ1v) is 6.05. The van der Waals surface area contributed by atoms with E-state index in [-0.39, 0.29) is 23.9 Å². The molecule has 6 nitrogen and oxygen atoms in total. The van der Waals surface area contributed by atoms with Gasteiger partial charge in [-0.05, 0) is 19.1 Å². The smallest absolute Gasteiger partial charge is 0.357 e. The van der Waals surface area contributed by atoms with Gasteiger partial charge in [0, 0.05) is 6.08 Å². The first-order valence-electron chi connectivity index (χ1n) is 5.61. The maximum atomic E-state index is 11.6. The average Bonchev–Trinajstić information content (AvgIpc) is 2.71. The van der Waals surface area contributed by atoms with E-state index in [1.807, 2.05) is 0 Å². The molecule has 102 valence electrons. The molecule has 19 heavy (non-hydrogen) atoms. The van der Waals surface area contributed by atoms with Crippen LogP contribution in [0.5, 0.6) is 0 Å². The number of halogens is 1. The van der Waals surface area contributed by atoms with Crippen LogP contribution in [0.15, 0.2) is 29.1 Å². The summed E-state index contributed by atoms with van der Waals surface area (Å²) in [6.07, 6.45) is 4.13. The van der Waals surface area contributed by atoms with Gasteiger partial charge in [-0.25, -0.2) is 4.79 Å². The van der Waals surface area contributed by atoms with Crippen molar-refractivity contribution in [1.82, 2.24) is 0 Å². The number of methoxy groups -OCH3 is 1. The van der Waals surface area contributed by atoms with Gasteiger partial charge in [-0.15, -0.1) is 11.6 Å². The Morgan fingerprint density at radius 2 is 2.37 bits per heavy atom. The number of carbonyl (C=O) groups is 2. The summed E-state index contributed by atoms with van der Waals surface area (Å²) >= 11 is 6.20.